The molecule has 0 saturated carbocycles. The van der Waals surface area contributed by atoms with E-state index in [4.69, 9.17) is 4.74 Å². The number of halogens is 2. The predicted octanol–water partition coefficient (Wildman–Crippen LogP) is 3.49. The zero-order chi connectivity index (χ0) is 22.3. The van der Waals surface area contributed by atoms with E-state index in [9.17, 15) is 23.5 Å². The number of carbonyl (C=O) groups excluding carboxylic acids is 1. The number of carboxylic acid groups (broad SMARTS) is 1. The summed E-state index contributed by atoms with van der Waals surface area (Å²) in [5.41, 5.74) is 0.496. The van der Waals surface area contributed by atoms with Gasteiger partial charge in [0.1, 0.15) is 11.3 Å². The van der Waals surface area contributed by atoms with Crippen LogP contribution in [0.15, 0.2) is 47.1 Å². The number of fused-ring (bicyclic) bond motifs is 1. The summed E-state index contributed by atoms with van der Waals surface area (Å²) in [4.78, 5) is 24.7. The third-order valence-corrected chi connectivity index (χ3v) is 6.15. The molecule has 2 N–H and O–H groups in total. The van der Waals surface area contributed by atoms with Crippen LogP contribution >= 0.6 is 11.8 Å². The highest BCUT2D eigenvalue weighted by Gasteiger charge is 2.36. The van der Waals surface area contributed by atoms with Crippen LogP contribution in [0, 0.1) is 18.6 Å². The van der Waals surface area contributed by atoms with Crippen LogP contribution in [0.4, 0.5) is 8.78 Å². The normalized spacial score (nSPS) is 16.1. The van der Waals surface area contributed by atoms with Crippen molar-refractivity contribution >= 4 is 29.2 Å². The molecule has 3 aromatic rings. The second-order valence-corrected chi connectivity index (χ2v) is 7.93. The Kier molecular flexibility index (Phi) is 5.40. The van der Waals surface area contributed by atoms with E-state index >= 15 is 0 Å². The first-order valence-electron chi connectivity index (χ1n) is 9.20. The maximum absolute atomic E-state index is 14.5. The lowest BCUT2D eigenvalue weighted by atomic mass is 9.92. The number of ether oxygens (including phenoxy) is 1. The number of aromatic nitrogens is 2. The largest absolute Gasteiger partial charge is 0.494 e. The molecule has 1 aliphatic rings. The summed E-state index contributed by atoms with van der Waals surface area (Å²) in [7, 11) is 1.49. The molecule has 0 bridgehead atoms. The quantitative estimate of drug-likeness (QED) is 0.625. The van der Waals surface area contributed by atoms with Gasteiger partial charge in [0, 0.05) is 23.9 Å². The third-order valence-electron chi connectivity index (χ3n) is 5.04. The van der Waals surface area contributed by atoms with Crippen LogP contribution in [0.3, 0.4) is 0 Å². The molecule has 1 aliphatic heterocycles. The molecule has 160 valence electrons. The maximum Gasteiger partial charge on any atom is 0.334 e. The van der Waals surface area contributed by atoms with E-state index in [2.05, 4.69) is 10.4 Å². The van der Waals surface area contributed by atoms with E-state index in [-0.39, 0.29) is 33.2 Å². The van der Waals surface area contributed by atoms with E-state index in [0.29, 0.717) is 11.3 Å². The standard InChI is InChI=1S/C21H17F2N3O4S/c1-10-5-6-11(18(23)17(10)22)12-9-31-20(16(12)21(28)29)24-19(27)13-8-14-15(30-2)4-3-7-26(14)25-13/h3-8,12H,9H2,1-2H3,(H,24,27)(H,28,29). The molecular weight excluding hydrogens is 428 g/mol. The van der Waals surface area contributed by atoms with Crippen LogP contribution < -0.4 is 10.1 Å². The van der Waals surface area contributed by atoms with Crippen LogP contribution in [0.25, 0.3) is 5.52 Å². The molecule has 0 spiro atoms. The van der Waals surface area contributed by atoms with Gasteiger partial charge in [-0.25, -0.2) is 18.1 Å². The molecule has 0 radical (unpaired) electrons. The van der Waals surface area contributed by atoms with Gasteiger partial charge in [-0.2, -0.15) is 5.10 Å². The lowest BCUT2D eigenvalue weighted by Crippen LogP contribution is -2.24. The van der Waals surface area contributed by atoms with Crippen molar-refractivity contribution in [1.29, 1.82) is 0 Å². The van der Waals surface area contributed by atoms with Crippen molar-refractivity contribution in [2.24, 2.45) is 0 Å². The zero-order valence-electron chi connectivity index (χ0n) is 16.5. The van der Waals surface area contributed by atoms with Crippen LogP contribution in [-0.4, -0.2) is 39.5 Å². The Labute approximate surface area is 179 Å². The van der Waals surface area contributed by atoms with Gasteiger partial charge in [-0.3, -0.25) is 4.79 Å². The van der Waals surface area contributed by atoms with Crippen molar-refractivity contribution in [3.05, 3.63) is 75.6 Å². The first-order valence-corrected chi connectivity index (χ1v) is 10.2. The van der Waals surface area contributed by atoms with Gasteiger partial charge in [-0.1, -0.05) is 12.1 Å². The van der Waals surface area contributed by atoms with Gasteiger partial charge in [-0.05, 0) is 30.2 Å². The van der Waals surface area contributed by atoms with Crippen LogP contribution in [0.1, 0.15) is 27.5 Å². The Hall–Kier alpha value is -3.40. The topological polar surface area (TPSA) is 92.9 Å². The van der Waals surface area contributed by atoms with Crippen molar-refractivity contribution in [3.8, 4) is 5.75 Å². The molecule has 0 aliphatic carbocycles. The smallest absolute Gasteiger partial charge is 0.334 e. The van der Waals surface area contributed by atoms with E-state index in [1.54, 1.807) is 18.3 Å². The van der Waals surface area contributed by atoms with Crippen molar-refractivity contribution < 1.29 is 28.2 Å². The minimum Gasteiger partial charge on any atom is -0.494 e. The molecule has 1 atom stereocenters. The van der Waals surface area contributed by atoms with E-state index in [0.717, 1.165) is 11.8 Å². The number of carboxylic acids is 1. The summed E-state index contributed by atoms with van der Waals surface area (Å²) in [6.45, 7) is 1.43. The molecule has 0 fully saturated rings. The molecule has 7 nitrogen and oxygen atoms in total. The molecule has 1 amide bonds. The van der Waals surface area contributed by atoms with Gasteiger partial charge in [0.2, 0.25) is 0 Å². The number of carbonyl (C=O) groups is 2. The van der Waals surface area contributed by atoms with E-state index in [1.165, 1.54) is 36.7 Å². The Balaban J connectivity index is 1.68. The summed E-state index contributed by atoms with van der Waals surface area (Å²) < 4.78 is 35.2. The molecule has 0 saturated heterocycles. The number of nitrogens with one attached hydrogen (secondary N) is 1. The fourth-order valence-corrected chi connectivity index (χ4v) is 4.68. The number of aryl methyl sites for hydroxylation is 1. The highest BCUT2D eigenvalue weighted by atomic mass is 32.2. The number of aliphatic carboxylic acids is 1. The Bertz CT molecular complexity index is 1250. The second kappa shape index (κ2) is 8.03. The summed E-state index contributed by atoms with van der Waals surface area (Å²) in [5, 5.41) is 16.5. The molecule has 31 heavy (non-hydrogen) atoms. The maximum atomic E-state index is 14.5. The number of hydrogen-bond acceptors (Lipinski definition) is 5. The highest BCUT2D eigenvalue weighted by Crippen LogP contribution is 2.42. The summed E-state index contributed by atoms with van der Waals surface area (Å²) in [6, 6.07) is 7.72. The number of benzene rings is 1. The fraction of sp³-hybridized carbons (Fsp3) is 0.190. The van der Waals surface area contributed by atoms with E-state index in [1.807, 2.05) is 0 Å². The van der Waals surface area contributed by atoms with Gasteiger partial charge in [0.25, 0.3) is 5.91 Å². The number of hydrogen-bond donors (Lipinski definition) is 2. The van der Waals surface area contributed by atoms with Gasteiger partial charge in [-0.15, -0.1) is 11.8 Å². The summed E-state index contributed by atoms with van der Waals surface area (Å²) in [6.07, 6.45) is 1.64. The number of amides is 1. The first-order chi connectivity index (χ1) is 14.8. The molecule has 1 unspecified atom stereocenters. The lowest BCUT2D eigenvalue weighted by molar-refractivity contribution is -0.132. The number of rotatable bonds is 5. The predicted molar refractivity (Wildman–Crippen MR) is 110 cm³/mol. The number of nitrogens with zero attached hydrogens (tertiary/aromatic N) is 2. The van der Waals surface area contributed by atoms with Gasteiger partial charge in [0.05, 0.1) is 17.7 Å². The number of thioether (sulfide) groups is 1. The third kappa shape index (κ3) is 3.63. The molecule has 10 heteroatoms. The molecule has 3 heterocycles. The van der Waals surface area contributed by atoms with Crippen molar-refractivity contribution in [2.75, 3.05) is 12.9 Å². The monoisotopic (exact) mass is 445 g/mol. The van der Waals surface area contributed by atoms with Crippen molar-refractivity contribution in [3.63, 3.8) is 0 Å². The first kappa shape index (κ1) is 20.9. The van der Waals surface area contributed by atoms with Crippen molar-refractivity contribution in [2.45, 2.75) is 12.8 Å². The van der Waals surface area contributed by atoms with Gasteiger partial charge < -0.3 is 15.2 Å². The van der Waals surface area contributed by atoms with E-state index < -0.39 is 29.4 Å². The molecule has 1 aromatic carbocycles. The summed E-state index contributed by atoms with van der Waals surface area (Å²) in [5.74, 6) is -4.27. The number of methoxy groups -OCH3 is 1. The average Bonchev–Trinajstić information content (AvgIpc) is 3.36. The van der Waals surface area contributed by atoms with Crippen molar-refractivity contribution in [1.82, 2.24) is 14.9 Å². The summed E-state index contributed by atoms with van der Waals surface area (Å²) >= 11 is 1.06. The van der Waals surface area contributed by atoms with Gasteiger partial charge in [0.15, 0.2) is 17.3 Å². The number of pyridine rings is 1. The lowest BCUT2D eigenvalue weighted by Gasteiger charge is -2.14. The second-order valence-electron chi connectivity index (χ2n) is 6.90. The van der Waals surface area contributed by atoms with Gasteiger partial charge >= 0.3 is 5.97 Å². The Morgan fingerprint density at radius 1 is 1.29 bits per heavy atom. The fourth-order valence-electron chi connectivity index (χ4n) is 3.45. The Morgan fingerprint density at radius 3 is 2.77 bits per heavy atom. The van der Waals surface area contributed by atoms with Crippen LogP contribution in [-0.2, 0) is 4.79 Å². The minimum absolute atomic E-state index is 0.0540. The molecular formula is C21H17F2N3O4S. The minimum atomic E-state index is -1.32. The van der Waals surface area contributed by atoms with Crippen LogP contribution in [0.5, 0.6) is 5.75 Å². The molecule has 4 rings (SSSR count). The zero-order valence-corrected chi connectivity index (χ0v) is 17.3. The SMILES string of the molecule is COc1cccn2nc(C(=O)NC3=C(C(=O)O)C(c4ccc(C)c(F)c4F)CS3)cc12. The molecule has 2 aromatic heterocycles. The average molecular weight is 445 g/mol. The Morgan fingerprint density at radius 2 is 2.06 bits per heavy atom. The van der Waals surface area contributed by atoms with Crippen LogP contribution in [0.2, 0.25) is 0 Å². The highest BCUT2D eigenvalue weighted by molar-refractivity contribution is 8.03.